The molecule has 7 nitrogen and oxygen atoms in total. The number of hydrogen-bond donors (Lipinski definition) is 2. The minimum atomic E-state index is -3.68. The molecule has 1 amide bonds. The zero-order valence-electron chi connectivity index (χ0n) is 16.6. The number of nitrogens with zero attached hydrogens (tertiary/aromatic N) is 2. The van der Waals surface area contributed by atoms with Gasteiger partial charge in [0.25, 0.3) is 15.9 Å². The summed E-state index contributed by atoms with van der Waals surface area (Å²) in [6, 6.07) is 21.9. The SMILES string of the molecule is CN(C)c1ccc(/C=N\NC(=O)c2ccc(NS(=O)(=O)c3ccccc3)cc2)cc1. The van der Waals surface area contributed by atoms with Crippen molar-refractivity contribution < 1.29 is 13.2 Å². The highest BCUT2D eigenvalue weighted by atomic mass is 32.2. The monoisotopic (exact) mass is 422 g/mol. The molecule has 0 saturated heterocycles. The number of amides is 1. The first-order chi connectivity index (χ1) is 14.3. The second kappa shape index (κ2) is 9.23. The van der Waals surface area contributed by atoms with Crippen molar-refractivity contribution in [1.82, 2.24) is 5.43 Å². The summed E-state index contributed by atoms with van der Waals surface area (Å²) >= 11 is 0. The van der Waals surface area contributed by atoms with Crippen LogP contribution in [0.3, 0.4) is 0 Å². The molecular weight excluding hydrogens is 400 g/mol. The third-order valence-corrected chi connectivity index (χ3v) is 5.64. The predicted molar refractivity (Wildman–Crippen MR) is 120 cm³/mol. The van der Waals surface area contributed by atoms with Crippen LogP contribution in [0.4, 0.5) is 11.4 Å². The number of carbonyl (C=O) groups is 1. The molecule has 154 valence electrons. The molecule has 0 unspecified atom stereocenters. The Bertz CT molecular complexity index is 1130. The van der Waals surface area contributed by atoms with Gasteiger partial charge in [-0.3, -0.25) is 9.52 Å². The molecule has 0 atom stereocenters. The van der Waals surface area contributed by atoms with E-state index < -0.39 is 15.9 Å². The predicted octanol–water partition coefficient (Wildman–Crippen LogP) is 3.32. The van der Waals surface area contributed by atoms with Gasteiger partial charge >= 0.3 is 0 Å². The molecular formula is C22H22N4O3S. The summed E-state index contributed by atoms with van der Waals surface area (Å²) in [5, 5.41) is 3.96. The van der Waals surface area contributed by atoms with Gasteiger partial charge in [0.15, 0.2) is 0 Å². The molecule has 0 radical (unpaired) electrons. The van der Waals surface area contributed by atoms with E-state index in [2.05, 4.69) is 15.2 Å². The van der Waals surface area contributed by atoms with Crippen LogP contribution in [0.15, 0.2) is 88.9 Å². The normalized spacial score (nSPS) is 11.3. The smallest absolute Gasteiger partial charge is 0.271 e. The standard InChI is InChI=1S/C22H22N4O3S/c1-26(2)20-14-8-17(9-15-20)16-23-24-22(27)18-10-12-19(13-11-18)25-30(28,29)21-6-4-3-5-7-21/h3-16,25H,1-2H3,(H,24,27)/b23-16-. The Morgan fingerprint density at radius 3 is 2.13 bits per heavy atom. The summed E-state index contributed by atoms with van der Waals surface area (Å²) in [4.78, 5) is 14.4. The Hall–Kier alpha value is -3.65. The average molecular weight is 423 g/mol. The first-order valence-electron chi connectivity index (χ1n) is 9.14. The zero-order valence-corrected chi connectivity index (χ0v) is 17.4. The van der Waals surface area contributed by atoms with E-state index in [1.165, 1.54) is 36.4 Å². The number of nitrogens with one attached hydrogen (secondary N) is 2. The molecule has 2 N–H and O–H groups in total. The Kier molecular flexibility index (Phi) is 6.48. The molecule has 0 fully saturated rings. The topological polar surface area (TPSA) is 90.9 Å². The summed E-state index contributed by atoms with van der Waals surface area (Å²) in [6.45, 7) is 0. The number of rotatable bonds is 7. The quantitative estimate of drug-likeness (QED) is 0.451. The zero-order chi connectivity index (χ0) is 21.6. The number of benzene rings is 3. The van der Waals surface area contributed by atoms with Crippen molar-refractivity contribution >= 4 is 33.5 Å². The molecule has 30 heavy (non-hydrogen) atoms. The van der Waals surface area contributed by atoms with Gasteiger partial charge in [0.2, 0.25) is 0 Å². The van der Waals surface area contributed by atoms with Crippen molar-refractivity contribution in [3.63, 3.8) is 0 Å². The number of hydrazone groups is 1. The molecule has 8 heteroatoms. The molecule has 0 saturated carbocycles. The van der Waals surface area contributed by atoms with E-state index in [-0.39, 0.29) is 4.90 Å². The molecule has 0 aliphatic carbocycles. The van der Waals surface area contributed by atoms with Gasteiger partial charge in [-0.2, -0.15) is 5.10 Å². The fraction of sp³-hybridized carbons (Fsp3) is 0.0909. The van der Waals surface area contributed by atoms with Crippen LogP contribution in [0.25, 0.3) is 0 Å². The van der Waals surface area contributed by atoms with Crippen molar-refractivity contribution in [3.8, 4) is 0 Å². The first-order valence-corrected chi connectivity index (χ1v) is 10.6. The Morgan fingerprint density at radius 1 is 0.900 bits per heavy atom. The van der Waals surface area contributed by atoms with Crippen molar-refractivity contribution in [2.45, 2.75) is 4.90 Å². The van der Waals surface area contributed by atoms with Gasteiger partial charge in [-0.05, 0) is 54.1 Å². The molecule has 3 aromatic carbocycles. The van der Waals surface area contributed by atoms with Crippen molar-refractivity contribution in [2.24, 2.45) is 5.10 Å². The van der Waals surface area contributed by atoms with E-state index in [9.17, 15) is 13.2 Å². The van der Waals surface area contributed by atoms with E-state index in [0.717, 1.165) is 11.3 Å². The van der Waals surface area contributed by atoms with E-state index in [1.54, 1.807) is 24.4 Å². The third kappa shape index (κ3) is 5.45. The van der Waals surface area contributed by atoms with Crippen LogP contribution in [-0.2, 0) is 10.0 Å². The third-order valence-electron chi connectivity index (χ3n) is 4.24. The van der Waals surface area contributed by atoms with Gasteiger partial charge in [0.1, 0.15) is 0 Å². The summed E-state index contributed by atoms with van der Waals surface area (Å²) in [7, 11) is 0.242. The van der Waals surface area contributed by atoms with Gasteiger partial charge in [-0.25, -0.2) is 13.8 Å². The minimum absolute atomic E-state index is 0.166. The highest BCUT2D eigenvalue weighted by Gasteiger charge is 2.13. The number of hydrogen-bond acceptors (Lipinski definition) is 5. The molecule has 3 aromatic rings. The molecule has 3 rings (SSSR count). The maximum Gasteiger partial charge on any atom is 0.271 e. The fourth-order valence-electron chi connectivity index (χ4n) is 2.59. The van der Waals surface area contributed by atoms with Crippen LogP contribution in [-0.4, -0.2) is 34.6 Å². The van der Waals surface area contributed by atoms with Gasteiger partial charge < -0.3 is 4.90 Å². The number of anilines is 2. The van der Waals surface area contributed by atoms with Gasteiger partial charge in [-0.1, -0.05) is 30.3 Å². The lowest BCUT2D eigenvalue weighted by molar-refractivity contribution is 0.0955. The second-order valence-electron chi connectivity index (χ2n) is 6.68. The van der Waals surface area contributed by atoms with E-state index in [4.69, 9.17) is 0 Å². The van der Waals surface area contributed by atoms with Crippen molar-refractivity contribution in [1.29, 1.82) is 0 Å². The summed E-state index contributed by atoms with van der Waals surface area (Å²) in [5.41, 5.74) is 5.10. The molecule has 0 aliphatic rings. The van der Waals surface area contributed by atoms with Gasteiger partial charge in [0.05, 0.1) is 11.1 Å². The molecule has 0 aromatic heterocycles. The Labute approximate surface area is 176 Å². The van der Waals surface area contributed by atoms with Crippen LogP contribution in [0.1, 0.15) is 15.9 Å². The van der Waals surface area contributed by atoms with E-state index in [0.29, 0.717) is 11.3 Å². The first kappa shape index (κ1) is 21.1. The highest BCUT2D eigenvalue weighted by molar-refractivity contribution is 7.92. The van der Waals surface area contributed by atoms with Crippen LogP contribution < -0.4 is 15.0 Å². The second-order valence-corrected chi connectivity index (χ2v) is 8.36. The van der Waals surface area contributed by atoms with Gasteiger partial charge in [0, 0.05) is 31.0 Å². The highest BCUT2D eigenvalue weighted by Crippen LogP contribution is 2.16. The summed E-state index contributed by atoms with van der Waals surface area (Å²) < 4.78 is 27.2. The van der Waals surface area contributed by atoms with Crippen LogP contribution in [0.5, 0.6) is 0 Å². The van der Waals surface area contributed by atoms with E-state index in [1.807, 2.05) is 43.3 Å². The van der Waals surface area contributed by atoms with E-state index >= 15 is 0 Å². The minimum Gasteiger partial charge on any atom is -0.378 e. The molecule has 0 aliphatic heterocycles. The summed E-state index contributed by atoms with van der Waals surface area (Å²) in [6.07, 6.45) is 1.56. The Morgan fingerprint density at radius 2 is 1.53 bits per heavy atom. The van der Waals surface area contributed by atoms with Crippen LogP contribution >= 0.6 is 0 Å². The molecule has 0 bridgehead atoms. The van der Waals surface area contributed by atoms with Crippen LogP contribution in [0, 0.1) is 0 Å². The maximum atomic E-state index is 12.3. The lowest BCUT2D eigenvalue weighted by Gasteiger charge is -2.11. The number of carbonyl (C=O) groups excluding carboxylic acids is 1. The molecule has 0 spiro atoms. The van der Waals surface area contributed by atoms with Crippen molar-refractivity contribution in [3.05, 3.63) is 90.0 Å². The molecule has 0 heterocycles. The fourth-order valence-corrected chi connectivity index (χ4v) is 3.67. The van der Waals surface area contributed by atoms with Gasteiger partial charge in [-0.15, -0.1) is 0 Å². The van der Waals surface area contributed by atoms with Crippen molar-refractivity contribution in [2.75, 3.05) is 23.7 Å². The number of sulfonamides is 1. The summed E-state index contributed by atoms with van der Waals surface area (Å²) in [5.74, 6) is -0.395. The Balaban J connectivity index is 1.59. The lowest BCUT2D eigenvalue weighted by atomic mass is 10.2. The maximum absolute atomic E-state index is 12.3. The lowest BCUT2D eigenvalue weighted by Crippen LogP contribution is -2.18. The average Bonchev–Trinajstić information content (AvgIpc) is 2.75. The van der Waals surface area contributed by atoms with Crippen LogP contribution in [0.2, 0.25) is 0 Å². The largest absolute Gasteiger partial charge is 0.378 e.